The Morgan fingerprint density at radius 3 is 2.57 bits per heavy atom. The van der Waals surface area contributed by atoms with E-state index in [9.17, 15) is 9.18 Å². The van der Waals surface area contributed by atoms with Crippen molar-refractivity contribution in [1.29, 1.82) is 0 Å². The van der Waals surface area contributed by atoms with Crippen LogP contribution in [0, 0.1) is 5.82 Å². The zero-order valence-corrected chi connectivity index (χ0v) is 12.5. The average molecular weight is 306 g/mol. The van der Waals surface area contributed by atoms with Crippen molar-refractivity contribution in [2.75, 3.05) is 6.54 Å². The maximum atomic E-state index is 12.9. The molecule has 0 aliphatic carbocycles. The number of rotatable bonds is 5. The van der Waals surface area contributed by atoms with E-state index in [0.717, 1.165) is 12.0 Å². The van der Waals surface area contributed by atoms with Crippen LogP contribution in [0.15, 0.2) is 48.5 Å². The van der Waals surface area contributed by atoms with Crippen molar-refractivity contribution in [3.05, 3.63) is 70.5 Å². The van der Waals surface area contributed by atoms with E-state index in [-0.39, 0.29) is 17.6 Å². The van der Waals surface area contributed by atoms with Gasteiger partial charge in [0.1, 0.15) is 5.82 Å². The molecule has 4 heteroatoms. The van der Waals surface area contributed by atoms with Crippen molar-refractivity contribution in [1.82, 2.24) is 5.32 Å². The molecule has 0 spiro atoms. The van der Waals surface area contributed by atoms with Gasteiger partial charge in [-0.15, -0.1) is 0 Å². The van der Waals surface area contributed by atoms with Crippen molar-refractivity contribution < 1.29 is 9.18 Å². The maximum absolute atomic E-state index is 12.9. The van der Waals surface area contributed by atoms with Gasteiger partial charge in [0.15, 0.2) is 0 Å². The van der Waals surface area contributed by atoms with E-state index in [1.165, 1.54) is 12.1 Å². The highest BCUT2D eigenvalue weighted by molar-refractivity contribution is 6.30. The molecular weight excluding hydrogens is 289 g/mol. The molecule has 2 nitrogen and oxygen atoms in total. The lowest BCUT2D eigenvalue weighted by molar-refractivity contribution is 0.0951. The molecule has 110 valence electrons. The van der Waals surface area contributed by atoms with E-state index >= 15 is 0 Å². The van der Waals surface area contributed by atoms with Gasteiger partial charge >= 0.3 is 0 Å². The molecule has 0 saturated carbocycles. The summed E-state index contributed by atoms with van der Waals surface area (Å²) in [5.41, 5.74) is 1.56. The van der Waals surface area contributed by atoms with E-state index in [1.54, 1.807) is 36.4 Å². The molecule has 0 fully saturated rings. The summed E-state index contributed by atoms with van der Waals surface area (Å²) in [6.45, 7) is 2.55. The largest absolute Gasteiger partial charge is 0.351 e. The lowest BCUT2D eigenvalue weighted by Crippen LogP contribution is -2.28. The van der Waals surface area contributed by atoms with Crippen LogP contribution in [0.25, 0.3) is 0 Å². The van der Waals surface area contributed by atoms with E-state index in [2.05, 4.69) is 5.32 Å². The molecule has 1 amide bonds. The molecule has 0 radical (unpaired) electrons. The molecule has 21 heavy (non-hydrogen) atoms. The third-order valence-electron chi connectivity index (χ3n) is 3.43. The molecule has 0 heterocycles. The Kier molecular flexibility index (Phi) is 5.34. The standard InChI is InChI=1S/C17H17ClFNO/c1-2-12(13-6-8-16(19)9-7-13)11-20-17(21)14-4-3-5-15(18)10-14/h3-10,12H,2,11H2,1H3,(H,20,21). The number of hydrogen-bond donors (Lipinski definition) is 1. The lowest BCUT2D eigenvalue weighted by Gasteiger charge is -2.16. The highest BCUT2D eigenvalue weighted by Gasteiger charge is 2.12. The third kappa shape index (κ3) is 4.30. The first-order chi connectivity index (χ1) is 10.1. The van der Waals surface area contributed by atoms with Crippen LogP contribution in [0.4, 0.5) is 4.39 Å². The molecule has 0 saturated heterocycles. The minimum Gasteiger partial charge on any atom is -0.351 e. The lowest BCUT2D eigenvalue weighted by atomic mass is 9.96. The minimum absolute atomic E-state index is 0.155. The zero-order valence-electron chi connectivity index (χ0n) is 11.8. The summed E-state index contributed by atoms with van der Waals surface area (Å²) in [6, 6.07) is 13.2. The predicted octanol–water partition coefficient (Wildman–Crippen LogP) is 4.40. The highest BCUT2D eigenvalue weighted by atomic mass is 35.5. The second kappa shape index (κ2) is 7.23. The van der Waals surface area contributed by atoms with Gasteiger partial charge in [-0.1, -0.05) is 36.7 Å². The maximum Gasteiger partial charge on any atom is 0.251 e. The van der Waals surface area contributed by atoms with Crippen LogP contribution < -0.4 is 5.32 Å². The van der Waals surface area contributed by atoms with Crippen molar-refractivity contribution >= 4 is 17.5 Å². The van der Waals surface area contributed by atoms with E-state index in [0.29, 0.717) is 17.1 Å². The Bertz CT molecular complexity index is 612. The minimum atomic E-state index is -0.253. The van der Waals surface area contributed by atoms with Gasteiger partial charge in [-0.3, -0.25) is 4.79 Å². The second-order valence-corrected chi connectivity index (χ2v) is 5.31. The summed E-state index contributed by atoms with van der Waals surface area (Å²) in [4.78, 5) is 12.1. The molecule has 0 aliphatic heterocycles. The first kappa shape index (κ1) is 15.5. The van der Waals surface area contributed by atoms with Gasteiger partial charge in [-0.25, -0.2) is 4.39 Å². The van der Waals surface area contributed by atoms with Crippen molar-refractivity contribution in [2.24, 2.45) is 0 Å². The van der Waals surface area contributed by atoms with E-state index < -0.39 is 0 Å². The Labute approximate surface area is 128 Å². The van der Waals surface area contributed by atoms with E-state index in [4.69, 9.17) is 11.6 Å². The van der Waals surface area contributed by atoms with E-state index in [1.807, 2.05) is 6.92 Å². The molecule has 0 aromatic heterocycles. The number of nitrogens with one attached hydrogen (secondary N) is 1. The molecular formula is C17H17ClFNO. The fourth-order valence-corrected chi connectivity index (χ4v) is 2.37. The Morgan fingerprint density at radius 1 is 1.24 bits per heavy atom. The molecule has 0 bridgehead atoms. The topological polar surface area (TPSA) is 29.1 Å². The van der Waals surface area contributed by atoms with Crippen molar-refractivity contribution in [3.8, 4) is 0 Å². The molecule has 1 unspecified atom stereocenters. The van der Waals surface area contributed by atoms with Crippen LogP contribution in [-0.4, -0.2) is 12.5 Å². The fraction of sp³-hybridized carbons (Fsp3) is 0.235. The molecule has 0 aliphatic rings. The zero-order chi connectivity index (χ0) is 15.2. The Balaban J connectivity index is 2.00. The fourth-order valence-electron chi connectivity index (χ4n) is 2.18. The molecule has 2 rings (SSSR count). The monoisotopic (exact) mass is 305 g/mol. The van der Waals surface area contributed by atoms with Gasteiger partial charge in [0.05, 0.1) is 0 Å². The third-order valence-corrected chi connectivity index (χ3v) is 3.67. The summed E-state index contributed by atoms with van der Waals surface area (Å²) in [5, 5.41) is 3.43. The van der Waals surface area contributed by atoms with Gasteiger partial charge in [0.2, 0.25) is 0 Å². The first-order valence-electron chi connectivity index (χ1n) is 6.89. The van der Waals surface area contributed by atoms with Crippen LogP contribution >= 0.6 is 11.6 Å². The van der Waals surface area contributed by atoms with Gasteiger partial charge in [0, 0.05) is 23.0 Å². The normalized spacial score (nSPS) is 12.0. The Morgan fingerprint density at radius 2 is 1.95 bits per heavy atom. The number of benzene rings is 2. The second-order valence-electron chi connectivity index (χ2n) is 4.88. The SMILES string of the molecule is CCC(CNC(=O)c1cccc(Cl)c1)c1ccc(F)cc1. The van der Waals surface area contributed by atoms with Gasteiger partial charge in [-0.2, -0.15) is 0 Å². The van der Waals surface area contributed by atoms with Gasteiger partial charge < -0.3 is 5.32 Å². The summed E-state index contributed by atoms with van der Waals surface area (Å²) >= 11 is 5.87. The molecule has 1 N–H and O–H groups in total. The highest BCUT2D eigenvalue weighted by Crippen LogP contribution is 2.19. The predicted molar refractivity (Wildman–Crippen MR) is 83.2 cm³/mol. The number of carbonyl (C=O) groups is 1. The van der Waals surface area contributed by atoms with Gasteiger partial charge in [0.25, 0.3) is 5.91 Å². The number of amides is 1. The first-order valence-corrected chi connectivity index (χ1v) is 7.27. The van der Waals surface area contributed by atoms with Crippen LogP contribution in [0.3, 0.4) is 0 Å². The smallest absolute Gasteiger partial charge is 0.251 e. The van der Waals surface area contributed by atoms with Crippen LogP contribution in [-0.2, 0) is 0 Å². The number of carbonyl (C=O) groups excluding carboxylic acids is 1. The van der Waals surface area contributed by atoms with Crippen molar-refractivity contribution in [3.63, 3.8) is 0 Å². The molecule has 2 aromatic rings. The molecule has 1 atom stereocenters. The number of hydrogen-bond acceptors (Lipinski definition) is 1. The molecule has 2 aromatic carbocycles. The van der Waals surface area contributed by atoms with Crippen molar-refractivity contribution in [2.45, 2.75) is 19.3 Å². The van der Waals surface area contributed by atoms with Crippen LogP contribution in [0.5, 0.6) is 0 Å². The van der Waals surface area contributed by atoms with Crippen LogP contribution in [0.1, 0.15) is 35.2 Å². The quantitative estimate of drug-likeness (QED) is 0.871. The summed E-state index contributed by atoms with van der Waals surface area (Å²) in [7, 11) is 0. The summed E-state index contributed by atoms with van der Waals surface area (Å²) < 4.78 is 12.9. The average Bonchev–Trinajstić information content (AvgIpc) is 2.49. The van der Waals surface area contributed by atoms with Crippen LogP contribution in [0.2, 0.25) is 5.02 Å². The number of halogens is 2. The Hall–Kier alpha value is -1.87. The summed E-state index contributed by atoms with van der Waals surface area (Å²) in [6.07, 6.45) is 0.863. The summed E-state index contributed by atoms with van der Waals surface area (Å²) in [5.74, 6) is -0.247. The van der Waals surface area contributed by atoms with Gasteiger partial charge in [-0.05, 0) is 42.3 Å².